The molecule has 4 heterocycles. The Hall–Kier alpha value is -2.15. The van der Waals surface area contributed by atoms with Crippen molar-refractivity contribution in [1.29, 1.82) is 0 Å². The van der Waals surface area contributed by atoms with Gasteiger partial charge >= 0.3 is 0 Å². The second kappa shape index (κ2) is 6.23. The summed E-state index contributed by atoms with van der Waals surface area (Å²) in [4.78, 5) is 22.0. The highest BCUT2D eigenvalue weighted by molar-refractivity contribution is 5.96. The maximum absolute atomic E-state index is 13.2. The number of aryl methyl sites for hydroxylation is 2. The van der Waals surface area contributed by atoms with Gasteiger partial charge in [-0.15, -0.1) is 0 Å². The Balaban J connectivity index is 1.67. The summed E-state index contributed by atoms with van der Waals surface area (Å²) in [6.07, 6.45) is 5.95. The zero-order valence-corrected chi connectivity index (χ0v) is 16.0. The molecule has 1 atom stereocenters. The molecule has 1 spiro atoms. The van der Waals surface area contributed by atoms with Gasteiger partial charge in [0.15, 0.2) is 0 Å². The van der Waals surface area contributed by atoms with Gasteiger partial charge in [0.1, 0.15) is 11.3 Å². The van der Waals surface area contributed by atoms with E-state index in [4.69, 9.17) is 4.52 Å². The van der Waals surface area contributed by atoms with Crippen molar-refractivity contribution in [2.24, 2.45) is 0 Å². The number of fused-ring (bicyclic) bond motifs is 2. The van der Waals surface area contributed by atoms with Gasteiger partial charge in [0.25, 0.3) is 5.91 Å². The molecule has 1 saturated heterocycles. The Bertz CT molecular complexity index is 804. The molecule has 0 radical (unpaired) electrons. The molecule has 1 unspecified atom stereocenters. The third-order valence-corrected chi connectivity index (χ3v) is 5.91. The molecule has 0 saturated carbocycles. The third kappa shape index (κ3) is 2.65. The van der Waals surface area contributed by atoms with Gasteiger partial charge in [-0.1, -0.05) is 5.16 Å². The molecule has 4 rings (SSSR count). The van der Waals surface area contributed by atoms with E-state index in [2.05, 4.69) is 33.5 Å². The van der Waals surface area contributed by atoms with Gasteiger partial charge in [-0.25, -0.2) is 4.98 Å². The van der Waals surface area contributed by atoms with Gasteiger partial charge in [0.05, 0.1) is 23.3 Å². The van der Waals surface area contributed by atoms with Gasteiger partial charge in [0.2, 0.25) is 0 Å². The molecule has 0 aliphatic carbocycles. The minimum Gasteiger partial charge on any atom is -0.361 e. The Morgan fingerprint density at radius 2 is 2.12 bits per heavy atom. The monoisotopic (exact) mass is 357 g/mol. The number of hydrogen-bond donors (Lipinski definition) is 0. The summed E-state index contributed by atoms with van der Waals surface area (Å²) in [6, 6.07) is 0.462. The summed E-state index contributed by atoms with van der Waals surface area (Å²) in [7, 11) is 0. The summed E-state index contributed by atoms with van der Waals surface area (Å²) < 4.78 is 7.53. The van der Waals surface area contributed by atoms with Crippen LogP contribution in [0.5, 0.6) is 0 Å². The zero-order chi connectivity index (χ0) is 18.5. The van der Waals surface area contributed by atoms with E-state index in [1.54, 1.807) is 0 Å². The number of piperidine rings is 1. The molecular weight excluding hydrogens is 330 g/mol. The molecule has 7 nitrogen and oxygen atoms in total. The van der Waals surface area contributed by atoms with E-state index in [0.29, 0.717) is 29.6 Å². The van der Waals surface area contributed by atoms with E-state index < -0.39 is 0 Å². The fourth-order valence-corrected chi connectivity index (χ4v) is 4.51. The Labute approximate surface area is 154 Å². The molecule has 1 amide bonds. The lowest BCUT2D eigenvalue weighted by Crippen LogP contribution is -2.60. The SMILES string of the molecule is Cc1noc(C)c1C(=O)N1CCCC2(C1)CN(C(C)C)Cc1cncn12. The molecule has 0 bridgehead atoms. The number of carbonyl (C=O) groups excluding carboxylic acids is 1. The van der Waals surface area contributed by atoms with Crippen LogP contribution in [0.25, 0.3) is 0 Å². The van der Waals surface area contributed by atoms with Gasteiger partial charge in [-0.3, -0.25) is 9.69 Å². The summed E-state index contributed by atoms with van der Waals surface area (Å²) in [5, 5.41) is 3.95. The van der Waals surface area contributed by atoms with Crippen LogP contribution in [0.4, 0.5) is 0 Å². The minimum absolute atomic E-state index is 0.0312. The minimum atomic E-state index is -0.110. The molecule has 2 aromatic rings. The summed E-state index contributed by atoms with van der Waals surface area (Å²) in [6.45, 7) is 11.4. The normalized spacial score (nSPS) is 23.7. The second-order valence-corrected chi connectivity index (χ2v) is 8.01. The molecule has 7 heteroatoms. The van der Waals surface area contributed by atoms with Gasteiger partial charge < -0.3 is 14.0 Å². The van der Waals surface area contributed by atoms with Crippen LogP contribution in [0.15, 0.2) is 17.0 Å². The summed E-state index contributed by atoms with van der Waals surface area (Å²) >= 11 is 0. The number of rotatable bonds is 2. The van der Waals surface area contributed by atoms with Crippen LogP contribution < -0.4 is 0 Å². The zero-order valence-electron chi connectivity index (χ0n) is 16.0. The number of nitrogens with zero attached hydrogens (tertiary/aromatic N) is 5. The van der Waals surface area contributed by atoms with Crippen molar-refractivity contribution in [2.45, 2.75) is 58.7 Å². The predicted molar refractivity (Wildman–Crippen MR) is 96.9 cm³/mol. The number of likely N-dealkylation sites (tertiary alicyclic amines) is 1. The number of carbonyl (C=O) groups is 1. The first-order valence-corrected chi connectivity index (χ1v) is 9.39. The van der Waals surface area contributed by atoms with E-state index in [0.717, 1.165) is 32.5 Å². The lowest BCUT2D eigenvalue weighted by molar-refractivity contribution is 0.0176. The van der Waals surface area contributed by atoms with Crippen molar-refractivity contribution < 1.29 is 9.32 Å². The van der Waals surface area contributed by atoms with E-state index in [1.165, 1.54) is 5.69 Å². The Morgan fingerprint density at radius 1 is 1.31 bits per heavy atom. The smallest absolute Gasteiger partial charge is 0.259 e. The van der Waals surface area contributed by atoms with E-state index >= 15 is 0 Å². The number of amides is 1. The average molecular weight is 357 g/mol. The highest BCUT2D eigenvalue weighted by Gasteiger charge is 2.44. The van der Waals surface area contributed by atoms with Crippen LogP contribution in [0.3, 0.4) is 0 Å². The Morgan fingerprint density at radius 3 is 2.81 bits per heavy atom. The lowest BCUT2D eigenvalue weighted by atomic mass is 9.85. The van der Waals surface area contributed by atoms with E-state index in [1.807, 2.05) is 31.3 Å². The van der Waals surface area contributed by atoms with Crippen molar-refractivity contribution in [3.05, 3.63) is 35.2 Å². The van der Waals surface area contributed by atoms with Crippen molar-refractivity contribution in [3.8, 4) is 0 Å². The summed E-state index contributed by atoms with van der Waals surface area (Å²) in [5.41, 5.74) is 2.41. The molecule has 2 aliphatic rings. The number of hydrogen-bond acceptors (Lipinski definition) is 5. The largest absolute Gasteiger partial charge is 0.361 e. The first kappa shape index (κ1) is 17.3. The topological polar surface area (TPSA) is 67.4 Å². The van der Waals surface area contributed by atoms with Crippen molar-refractivity contribution >= 4 is 5.91 Å². The van der Waals surface area contributed by atoms with Gasteiger partial charge in [-0.05, 0) is 40.5 Å². The highest BCUT2D eigenvalue weighted by atomic mass is 16.5. The first-order valence-electron chi connectivity index (χ1n) is 9.39. The fourth-order valence-electron chi connectivity index (χ4n) is 4.51. The quantitative estimate of drug-likeness (QED) is 0.825. The van der Waals surface area contributed by atoms with Gasteiger partial charge in [-0.2, -0.15) is 0 Å². The Kier molecular flexibility index (Phi) is 4.14. The van der Waals surface area contributed by atoms with Crippen molar-refractivity contribution in [2.75, 3.05) is 19.6 Å². The van der Waals surface area contributed by atoms with Gasteiger partial charge in [0, 0.05) is 38.4 Å². The van der Waals surface area contributed by atoms with Crippen LogP contribution in [-0.2, 0) is 12.1 Å². The van der Waals surface area contributed by atoms with E-state index in [9.17, 15) is 4.79 Å². The molecule has 2 aliphatic heterocycles. The second-order valence-electron chi connectivity index (χ2n) is 8.01. The standard InChI is InChI=1S/C19H27N5O2/c1-13(2)23-9-16-8-20-12-24(16)19(11-23)6-5-7-22(10-19)18(25)17-14(3)21-26-15(17)4/h8,12-13H,5-7,9-11H2,1-4H3. The highest BCUT2D eigenvalue weighted by Crippen LogP contribution is 2.36. The maximum atomic E-state index is 13.2. The molecule has 26 heavy (non-hydrogen) atoms. The molecule has 140 valence electrons. The van der Waals surface area contributed by atoms with Crippen LogP contribution in [0, 0.1) is 13.8 Å². The van der Waals surface area contributed by atoms with Crippen molar-refractivity contribution in [3.63, 3.8) is 0 Å². The van der Waals surface area contributed by atoms with Crippen LogP contribution in [0.1, 0.15) is 54.2 Å². The molecule has 1 fully saturated rings. The van der Waals surface area contributed by atoms with Crippen LogP contribution in [-0.4, -0.2) is 56.1 Å². The van der Waals surface area contributed by atoms with Crippen molar-refractivity contribution in [1.82, 2.24) is 24.5 Å². The molecule has 0 aromatic carbocycles. The third-order valence-electron chi connectivity index (χ3n) is 5.91. The van der Waals surface area contributed by atoms with E-state index in [-0.39, 0.29) is 11.4 Å². The lowest BCUT2D eigenvalue weighted by Gasteiger charge is -2.50. The first-order chi connectivity index (χ1) is 12.4. The summed E-state index contributed by atoms with van der Waals surface area (Å²) in [5.74, 6) is 0.631. The molecular formula is C19H27N5O2. The maximum Gasteiger partial charge on any atom is 0.259 e. The predicted octanol–water partition coefficient (Wildman–Crippen LogP) is 2.34. The van der Waals surface area contributed by atoms with Crippen LogP contribution in [0.2, 0.25) is 0 Å². The number of imidazole rings is 1. The molecule has 0 N–H and O–H groups in total. The number of aromatic nitrogens is 3. The average Bonchev–Trinajstić information content (AvgIpc) is 3.21. The fraction of sp³-hybridized carbons (Fsp3) is 0.632. The van der Waals surface area contributed by atoms with Crippen LogP contribution >= 0.6 is 0 Å². The molecule has 2 aromatic heterocycles.